The predicted molar refractivity (Wildman–Crippen MR) is 46.9 cm³/mol. The number of aliphatic hydroxyl groups is 1. The molecule has 0 aromatic rings. The molecule has 0 aliphatic heterocycles. The van der Waals surface area contributed by atoms with Crippen molar-refractivity contribution in [1.29, 1.82) is 0 Å². The summed E-state index contributed by atoms with van der Waals surface area (Å²) in [5.41, 5.74) is 5.13. The Morgan fingerprint density at radius 1 is 1.73 bits per heavy atom. The van der Waals surface area contributed by atoms with E-state index in [0.717, 1.165) is 6.42 Å². The van der Waals surface area contributed by atoms with E-state index in [-0.39, 0.29) is 11.5 Å². The van der Waals surface area contributed by atoms with Gasteiger partial charge in [0.1, 0.15) is 0 Å². The van der Waals surface area contributed by atoms with Crippen LogP contribution in [0.3, 0.4) is 0 Å². The molecule has 3 N–H and O–H groups in total. The van der Waals surface area contributed by atoms with E-state index in [1.807, 2.05) is 13.8 Å². The second-order valence-corrected chi connectivity index (χ2v) is 3.18. The summed E-state index contributed by atoms with van der Waals surface area (Å²) in [5.74, 6) is 2.61. The van der Waals surface area contributed by atoms with Crippen LogP contribution in [0.25, 0.3) is 0 Å². The van der Waals surface area contributed by atoms with Crippen LogP contribution in [-0.4, -0.2) is 17.8 Å². The molecule has 0 bridgehead atoms. The van der Waals surface area contributed by atoms with Crippen molar-refractivity contribution >= 4 is 0 Å². The number of rotatable bonds is 4. The van der Waals surface area contributed by atoms with E-state index in [4.69, 9.17) is 12.2 Å². The molecule has 0 radical (unpaired) electrons. The van der Waals surface area contributed by atoms with Gasteiger partial charge in [0.05, 0.1) is 6.10 Å². The molecule has 0 rings (SSSR count). The average molecular weight is 155 g/mol. The first kappa shape index (κ1) is 10.5. The molecule has 0 saturated heterocycles. The van der Waals surface area contributed by atoms with Crippen LogP contribution in [-0.2, 0) is 0 Å². The van der Waals surface area contributed by atoms with Gasteiger partial charge in [-0.2, -0.15) is 0 Å². The van der Waals surface area contributed by atoms with Gasteiger partial charge in [0.25, 0.3) is 0 Å². The maximum absolute atomic E-state index is 9.30. The van der Waals surface area contributed by atoms with E-state index >= 15 is 0 Å². The van der Waals surface area contributed by atoms with E-state index in [2.05, 4.69) is 5.92 Å². The fraction of sp³-hybridized carbons (Fsp3) is 0.778. The molecule has 0 aliphatic rings. The van der Waals surface area contributed by atoms with Gasteiger partial charge in [0.2, 0.25) is 0 Å². The smallest absolute Gasteiger partial charge is 0.0552 e. The molecule has 0 saturated carbocycles. The van der Waals surface area contributed by atoms with Gasteiger partial charge in [0.15, 0.2) is 0 Å². The highest BCUT2D eigenvalue weighted by Gasteiger charge is 2.22. The number of hydrogen-bond acceptors (Lipinski definition) is 2. The van der Waals surface area contributed by atoms with Crippen molar-refractivity contribution in [3.05, 3.63) is 0 Å². The van der Waals surface area contributed by atoms with Crippen LogP contribution in [0.15, 0.2) is 0 Å². The molecule has 0 aromatic carbocycles. The van der Waals surface area contributed by atoms with Crippen molar-refractivity contribution in [2.24, 2.45) is 11.1 Å². The van der Waals surface area contributed by atoms with Crippen molar-refractivity contribution in [3.63, 3.8) is 0 Å². The van der Waals surface area contributed by atoms with Crippen LogP contribution < -0.4 is 5.73 Å². The van der Waals surface area contributed by atoms with Gasteiger partial charge in [-0.1, -0.05) is 12.8 Å². The standard InChI is InChI=1S/C9H17NO/c1-4-8(11)6-9(3,5-2)7-10/h2,8,11H,4,6-7,10H2,1,3H3. The van der Waals surface area contributed by atoms with Crippen molar-refractivity contribution < 1.29 is 5.11 Å². The van der Waals surface area contributed by atoms with Gasteiger partial charge < -0.3 is 10.8 Å². The van der Waals surface area contributed by atoms with E-state index in [9.17, 15) is 5.11 Å². The summed E-state index contributed by atoms with van der Waals surface area (Å²) in [4.78, 5) is 0. The fourth-order valence-corrected chi connectivity index (χ4v) is 0.866. The number of nitrogens with two attached hydrogens (primary N) is 1. The molecule has 0 heterocycles. The van der Waals surface area contributed by atoms with Gasteiger partial charge in [-0.3, -0.25) is 0 Å². The Labute approximate surface area is 68.8 Å². The third-order valence-corrected chi connectivity index (χ3v) is 1.96. The zero-order chi connectivity index (χ0) is 8.91. The Hall–Kier alpha value is -0.520. The minimum absolute atomic E-state index is 0.320. The van der Waals surface area contributed by atoms with Crippen LogP contribution in [0.2, 0.25) is 0 Å². The lowest BCUT2D eigenvalue weighted by molar-refractivity contribution is 0.127. The second-order valence-electron chi connectivity index (χ2n) is 3.18. The third-order valence-electron chi connectivity index (χ3n) is 1.96. The third kappa shape index (κ3) is 3.41. The fourth-order valence-electron chi connectivity index (χ4n) is 0.866. The number of hydrogen-bond donors (Lipinski definition) is 2. The molecule has 0 spiro atoms. The van der Waals surface area contributed by atoms with Crippen LogP contribution >= 0.6 is 0 Å². The molecular weight excluding hydrogens is 138 g/mol. The first-order valence-electron chi connectivity index (χ1n) is 3.94. The summed E-state index contributed by atoms with van der Waals surface area (Å²) in [7, 11) is 0. The topological polar surface area (TPSA) is 46.2 Å². The number of terminal acetylenes is 1. The maximum Gasteiger partial charge on any atom is 0.0552 e. The summed E-state index contributed by atoms with van der Waals surface area (Å²) >= 11 is 0. The molecular formula is C9H17NO. The summed E-state index contributed by atoms with van der Waals surface area (Å²) in [6, 6.07) is 0. The van der Waals surface area contributed by atoms with Crippen molar-refractivity contribution in [1.82, 2.24) is 0 Å². The first-order chi connectivity index (χ1) is 5.08. The highest BCUT2D eigenvalue weighted by atomic mass is 16.3. The summed E-state index contributed by atoms with van der Waals surface area (Å²) in [5, 5.41) is 9.30. The first-order valence-corrected chi connectivity index (χ1v) is 3.94. The maximum atomic E-state index is 9.30. The van der Waals surface area contributed by atoms with E-state index in [1.165, 1.54) is 0 Å². The van der Waals surface area contributed by atoms with Crippen molar-refractivity contribution in [2.45, 2.75) is 32.8 Å². The number of aliphatic hydroxyl groups excluding tert-OH is 1. The Morgan fingerprint density at radius 2 is 2.27 bits per heavy atom. The molecule has 2 nitrogen and oxygen atoms in total. The monoisotopic (exact) mass is 155 g/mol. The normalized spacial score (nSPS) is 18.5. The zero-order valence-electron chi connectivity index (χ0n) is 7.30. The molecule has 2 atom stereocenters. The second kappa shape index (κ2) is 4.38. The Morgan fingerprint density at radius 3 is 2.55 bits per heavy atom. The highest BCUT2D eigenvalue weighted by molar-refractivity contribution is 5.04. The Bertz CT molecular complexity index is 150. The van der Waals surface area contributed by atoms with Crippen LogP contribution in [0.5, 0.6) is 0 Å². The molecule has 0 aromatic heterocycles. The molecule has 0 amide bonds. The van der Waals surface area contributed by atoms with Gasteiger partial charge in [-0.05, 0) is 19.8 Å². The van der Waals surface area contributed by atoms with Crippen LogP contribution in [0.1, 0.15) is 26.7 Å². The van der Waals surface area contributed by atoms with E-state index in [1.54, 1.807) is 0 Å². The average Bonchev–Trinajstić information content (AvgIpc) is 2.04. The largest absolute Gasteiger partial charge is 0.393 e. The van der Waals surface area contributed by atoms with Gasteiger partial charge in [-0.15, -0.1) is 6.42 Å². The molecule has 0 aliphatic carbocycles. The van der Waals surface area contributed by atoms with Gasteiger partial charge >= 0.3 is 0 Å². The molecule has 0 fully saturated rings. The van der Waals surface area contributed by atoms with Crippen molar-refractivity contribution in [3.8, 4) is 12.3 Å². The van der Waals surface area contributed by atoms with E-state index < -0.39 is 0 Å². The molecule has 2 heteroatoms. The Kier molecular flexibility index (Phi) is 4.17. The molecule has 2 unspecified atom stereocenters. The van der Waals surface area contributed by atoms with Crippen LogP contribution in [0.4, 0.5) is 0 Å². The summed E-state index contributed by atoms with van der Waals surface area (Å²) < 4.78 is 0. The predicted octanol–water partition coefficient (Wildman–Crippen LogP) is 0.746. The summed E-state index contributed by atoms with van der Waals surface area (Å²) in [6.45, 7) is 4.25. The SMILES string of the molecule is C#CC(C)(CN)CC(O)CC. The lowest BCUT2D eigenvalue weighted by atomic mass is 9.85. The lowest BCUT2D eigenvalue weighted by Gasteiger charge is -2.23. The molecule has 64 valence electrons. The lowest BCUT2D eigenvalue weighted by Crippen LogP contribution is -2.29. The van der Waals surface area contributed by atoms with E-state index in [0.29, 0.717) is 13.0 Å². The molecule has 11 heavy (non-hydrogen) atoms. The van der Waals surface area contributed by atoms with Crippen LogP contribution in [0, 0.1) is 17.8 Å². The minimum Gasteiger partial charge on any atom is -0.393 e. The van der Waals surface area contributed by atoms with Gasteiger partial charge in [-0.25, -0.2) is 0 Å². The minimum atomic E-state index is -0.338. The van der Waals surface area contributed by atoms with Crippen molar-refractivity contribution in [2.75, 3.05) is 6.54 Å². The zero-order valence-corrected chi connectivity index (χ0v) is 7.30. The quantitative estimate of drug-likeness (QED) is 0.588. The highest BCUT2D eigenvalue weighted by Crippen LogP contribution is 2.21. The Balaban J connectivity index is 3.99. The summed E-state index contributed by atoms with van der Waals surface area (Å²) in [6.07, 6.45) is 6.29. The van der Waals surface area contributed by atoms with Gasteiger partial charge in [0, 0.05) is 12.0 Å².